The van der Waals surface area contributed by atoms with Crippen LogP contribution in [0.5, 0.6) is 0 Å². The van der Waals surface area contributed by atoms with E-state index in [1.54, 1.807) is 36.2 Å². The fraction of sp³-hybridized carbons (Fsp3) is 0.429. The predicted molar refractivity (Wildman–Crippen MR) is 148 cm³/mol. The van der Waals surface area contributed by atoms with Gasteiger partial charge in [0.2, 0.25) is 11.8 Å². The summed E-state index contributed by atoms with van der Waals surface area (Å²) in [5, 5.41) is 16.2. The van der Waals surface area contributed by atoms with Crippen molar-refractivity contribution < 1.29 is 19.6 Å². The average Bonchev–Trinajstić information content (AvgIpc) is 2.85. The van der Waals surface area contributed by atoms with Crippen LogP contribution in [0.2, 0.25) is 0 Å². The van der Waals surface area contributed by atoms with Gasteiger partial charge in [-0.15, -0.1) is 11.8 Å². The number of allylic oxidation sites excluding steroid dienone is 1. The van der Waals surface area contributed by atoms with Crippen molar-refractivity contribution in [2.45, 2.75) is 64.0 Å². The van der Waals surface area contributed by atoms with Crippen molar-refractivity contribution in [3.8, 4) is 0 Å². The molecule has 0 aliphatic heterocycles. The third kappa shape index (κ3) is 9.66. The van der Waals surface area contributed by atoms with Gasteiger partial charge in [0.05, 0.1) is 0 Å². The number of carbonyl (C=O) groups excluding carboxylic acids is 3. The number of carbonyl (C=O) groups is 3. The van der Waals surface area contributed by atoms with Crippen molar-refractivity contribution in [3.05, 3.63) is 72.6 Å². The molecule has 2 aromatic rings. The predicted octanol–water partition coefficient (Wildman–Crippen LogP) is 5.02. The van der Waals surface area contributed by atoms with Crippen molar-refractivity contribution in [2.24, 2.45) is 11.8 Å². The molecule has 0 spiro atoms. The number of amides is 3. The lowest BCUT2D eigenvalue weighted by Crippen LogP contribution is -2.56. The molecule has 37 heavy (non-hydrogen) atoms. The highest BCUT2D eigenvalue weighted by atomic mass is 32.2. The second kappa shape index (κ2) is 13.9. The van der Waals surface area contributed by atoms with Gasteiger partial charge in [-0.05, 0) is 50.8 Å². The Labute approximate surface area is 223 Å². The number of rotatable bonds is 13. The summed E-state index contributed by atoms with van der Waals surface area (Å²) in [5.74, 6) is -1.06. The molecule has 2 atom stereocenters. The molecular weight excluding hydrogens is 488 g/mol. The Bertz CT molecular complexity index is 1060. The lowest BCUT2D eigenvalue weighted by atomic mass is 9.91. The van der Waals surface area contributed by atoms with Crippen LogP contribution in [0.15, 0.2) is 67.0 Å². The number of pyridine rings is 1. The van der Waals surface area contributed by atoms with Crippen molar-refractivity contribution in [1.29, 1.82) is 0 Å². The van der Waals surface area contributed by atoms with Gasteiger partial charge in [-0.2, -0.15) is 5.06 Å². The standard InChI is InChI=1S/C28H38N4O4S/c1-19(2)16-22(17-24(33)32(36)20(3)4)26(34)31-25(27(35)30-23-14-10-11-15-29-23)28(5,6)37-18-21-12-8-7-9-13-21/h7-15,19,22,25,36H,3,16-18H2,1-2,4-6H3,(H,31,34)(H,29,30,35)/t22-,25+/m1/s1. The Kier molecular flexibility index (Phi) is 11.3. The normalized spacial score (nSPS) is 12.9. The van der Waals surface area contributed by atoms with Crippen LogP contribution < -0.4 is 10.6 Å². The molecule has 0 saturated heterocycles. The summed E-state index contributed by atoms with van der Waals surface area (Å²) >= 11 is 1.55. The molecule has 200 valence electrons. The molecule has 0 radical (unpaired) electrons. The van der Waals surface area contributed by atoms with Crippen LogP contribution in [0.1, 0.15) is 53.0 Å². The third-order valence-corrected chi connectivity index (χ3v) is 7.22. The first-order chi connectivity index (χ1) is 17.4. The Morgan fingerprint density at radius 3 is 2.30 bits per heavy atom. The van der Waals surface area contributed by atoms with E-state index in [4.69, 9.17) is 0 Å². The number of hydroxylamine groups is 2. The molecule has 9 heteroatoms. The number of hydrogen-bond donors (Lipinski definition) is 3. The van der Waals surface area contributed by atoms with Crippen molar-refractivity contribution in [1.82, 2.24) is 15.4 Å². The molecule has 0 fully saturated rings. The second-order valence-corrected chi connectivity index (χ2v) is 11.6. The fourth-order valence-electron chi connectivity index (χ4n) is 3.74. The third-order valence-electron chi connectivity index (χ3n) is 5.76. The summed E-state index contributed by atoms with van der Waals surface area (Å²) in [7, 11) is 0. The first-order valence-corrected chi connectivity index (χ1v) is 13.3. The molecule has 0 saturated carbocycles. The van der Waals surface area contributed by atoms with E-state index in [9.17, 15) is 19.6 Å². The molecule has 1 heterocycles. The van der Waals surface area contributed by atoms with Gasteiger partial charge in [0.15, 0.2) is 0 Å². The van der Waals surface area contributed by atoms with Crippen LogP contribution in [0.25, 0.3) is 0 Å². The van der Waals surface area contributed by atoms with Crippen LogP contribution in [-0.2, 0) is 20.1 Å². The fourth-order valence-corrected chi connectivity index (χ4v) is 4.80. The van der Waals surface area contributed by atoms with E-state index in [1.807, 2.05) is 58.0 Å². The van der Waals surface area contributed by atoms with Gasteiger partial charge >= 0.3 is 0 Å². The minimum atomic E-state index is -0.924. The summed E-state index contributed by atoms with van der Waals surface area (Å²) in [6, 6.07) is 14.1. The molecular formula is C28H38N4O4S. The maximum Gasteiger partial charge on any atom is 0.251 e. The Hall–Kier alpha value is -3.17. The first-order valence-electron chi connectivity index (χ1n) is 12.3. The van der Waals surface area contributed by atoms with Crippen LogP contribution >= 0.6 is 11.8 Å². The topological polar surface area (TPSA) is 112 Å². The van der Waals surface area contributed by atoms with Crippen molar-refractivity contribution in [3.63, 3.8) is 0 Å². The summed E-state index contributed by atoms with van der Waals surface area (Å²) in [5.41, 5.74) is 1.27. The van der Waals surface area contributed by atoms with Gasteiger partial charge < -0.3 is 10.6 Å². The van der Waals surface area contributed by atoms with Crippen LogP contribution in [0.3, 0.4) is 0 Å². The van der Waals surface area contributed by atoms with E-state index in [1.165, 1.54) is 6.92 Å². The number of hydrogen-bond acceptors (Lipinski definition) is 6. The van der Waals surface area contributed by atoms with Gasteiger partial charge in [-0.1, -0.05) is 56.8 Å². The molecule has 1 aromatic carbocycles. The SMILES string of the molecule is C=C(C)N(O)C(=O)C[C@@H](CC(C)C)C(=O)N[C@@H](C(=O)Nc1ccccn1)C(C)(C)SCc1ccccc1. The summed E-state index contributed by atoms with van der Waals surface area (Å²) in [6.07, 6.45) is 1.78. The van der Waals surface area contributed by atoms with Crippen LogP contribution in [0, 0.1) is 11.8 Å². The number of benzene rings is 1. The Morgan fingerprint density at radius 2 is 1.73 bits per heavy atom. The van der Waals surface area contributed by atoms with Crippen molar-refractivity contribution >= 4 is 35.3 Å². The quantitative estimate of drug-likeness (QED) is 0.250. The highest BCUT2D eigenvalue weighted by molar-refractivity contribution is 7.99. The van der Waals surface area contributed by atoms with E-state index in [2.05, 4.69) is 22.2 Å². The van der Waals surface area contributed by atoms with E-state index in [-0.39, 0.29) is 18.0 Å². The molecule has 2 rings (SSSR count). The molecule has 1 aromatic heterocycles. The van der Waals surface area contributed by atoms with Crippen molar-refractivity contribution in [2.75, 3.05) is 5.32 Å². The molecule has 0 aliphatic carbocycles. The zero-order valence-electron chi connectivity index (χ0n) is 22.2. The highest BCUT2D eigenvalue weighted by Gasteiger charge is 2.39. The van der Waals surface area contributed by atoms with Gasteiger partial charge in [-0.3, -0.25) is 19.6 Å². The largest absolute Gasteiger partial charge is 0.343 e. The smallest absolute Gasteiger partial charge is 0.251 e. The lowest BCUT2D eigenvalue weighted by Gasteiger charge is -2.34. The summed E-state index contributed by atoms with van der Waals surface area (Å²) in [6.45, 7) is 12.8. The molecule has 8 nitrogen and oxygen atoms in total. The zero-order valence-corrected chi connectivity index (χ0v) is 23.0. The Balaban J connectivity index is 2.28. The molecule has 0 aliphatic rings. The van der Waals surface area contributed by atoms with E-state index >= 15 is 0 Å². The molecule has 0 unspecified atom stereocenters. The second-order valence-electron chi connectivity index (χ2n) is 9.99. The maximum absolute atomic E-state index is 13.5. The Morgan fingerprint density at radius 1 is 1.08 bits per heavy atom. The van der Waals surface area contributed by atoms with Crippen LogP contribution in [-0.4, -0.2) is 43.8 Å². The lowest BCUT2D eigenvalue weighted by molar-refractivity contribution is -0.159. The van der Waals surface area contributed by atoms with E-state index in [0.29, 0.717) is 23.1 Å². The maximum atomic E-state index is 13.5. The van der Waals surface area contributed by atoms with Gasteiger partial charge in [0, 0.05) is 34.7 Å². The van der Waals surface area contributed by atoms with Gasteiger partial charge in [0.25, 0.3) is 5.91 Å². The van der Waals surface area contributed by atoms with E-state index < -0.39 is 34.4 Å². The van der Waals surface area contributed by atoms with Crippen LogP contribution in [0.4, 0.5) is 5.82 Å². The number of nitrogens with zero attached hydrogens (tertiary/aromatic N) is 2. The summed E-state index contributed by atoms with van der Waals surface area (Å²) < 4.78 is -0.711. The minimum Gasteiger partial charge on any atom is -0.343 e. The van der Waals surface area contributed by atoms with Gasteiger partial charge in [-0.25, -0.2) is 4.98 Å². The van der Waals surface area contributed by atoms with E-state index in [0.717, 1.165) is 5.56 Å². The molecule has 3 N–H and O–H groups in total. The zero-order chi connectivity index (χ0) is 27.6. The summed E-state index contributed by atoms with van der Waals surface area (Å²) in [4.78, 5) is 43.7. The number of nitrogens with one attached hydrogen (secondary N) is 2. The molecule has 0 bridgehead atoms. The first kappa shape index (κ1) is 30.1. The van der Waals surface area contributed by atoms with Gasteiger partial charge in [0.1, 0.15) is 11.9 Å². The number of thioether (sulfide) groups is 1. The number of anilines is 1. The minimum absolute atomic E-state index is 0.113. The number of aromatic nitrogens is 1. The average molecular weight is 527 g/mol. The monoisotopic (exact) mass is 526 g/mol. The highest BCUT2D eigenvalue weighted by Crippen LogP contribution is 2.32. The molecule has 3 amide bonds.